The summed E-state index contributed by atoms with van der Waals surface area (Å²) < 4.78 is 10.1. The number of amides is 3. The number of carbonyl (C=O) groups excluding carboxylic acids is 3. The van der Waals surface area contributed by atoms with Crippen molar-refractivity contribution in [1.29, 1.82) is 0 Å². The van der Waals surface area contributed by atoms with E-state index in [2.05, 4.69) is 11.9 Å². The van der Waals surface area contributed by atoms with E-state index in [0.717, 1.165) is 4.90 Å². The zero-order valence-electron chi connectivity index (χ0n) is 13.2. The monoisotopic (exact) mass is 318 g/mol. The van der Waals surface area contributed by atoms with Crippen molar-refractivity contribution in [2.45, 2.75) is 13.0 Å². The molecule has 7 nitrogen and oxygen atoms in total. The molecule has 1 fully saturated rings. The van der Waals surface area contributed by atoms with Crippen molar-refractivity contribution in [1.82, 2.24) is 10.2 Å². The van der Waals surface area contributed by atoms with Crippen molar-refractivity contribution in [2.24, 2.45) is 5.92 Å². The molecule has 0 radical (unpaired) electrons. The minimum Gasteiger partial charge on any atom is -0.496 e. The van der Waals surface area contributed by atoms with Crippen LogP contribution in [0.5, 0.6) is 5.75 Å². The zero-order valence-corrected chi connectivity index (χ0v) is 13.2. The van der Waals surface area contributed by atoms with Gasteiger partial charge in [0.15, 0.2) is 0 Å². The third kappa shape index (κ3) is 2.90. The van der Waals surface area contributed by atoms with Crippen LogP contribution in [0.2, 0.25) is 0 Å². The van der Waals surface area contributed by atoms with Crippen molar-refractivity contribution >= 4 is 17.9 Å². The van der Waals surface area contributed by atoms with E-state index < -0.39 is 29.9 Å². The highest BCUT2D eigenvalue weighted by molar-refractivity contribution is 5.97. The lowest BCUT2D eigenvalue weighted by Crippen LogP contribution is -2.55. The lowest BCUT2D eigenvalue weighted by molar-refractivity contribution is -0.147. The first-order chi connectivity index (χ1) is 10.9. The quantitative estimate of drug-likeness (QED) is 0.856. The summed E-state index contributed by atoms with van der Waals surface area (Å²) in [5.74, 6) is -1.57. The van der Waals surface area contributed by atoms with Crippen molar-refractivity contribution in [3.05, 3.63) is 42.1 Å². The Hall–Kier alpha value is -2.83. The van der Waals surface area contributed by atoms with E-state index in [4.69, 9.17) is 9.47 Å². The second-order valence-corrected chi connectivity index (χ2v) is 5.03. The Morgan fingerprint density at radius 2 is 1.91 bits per heavy atom. The molecule has 122 valence electrons. The third-order valence-corrected chi connectivity index (χ3v) is 3.71. The standard InChI is InChI=1S/C16H18N2O5/c1-9-13(15(20)23-4)14(18(10(2)19)16(21)17-9)11-7-5-6-8-12(11)22-3/h5-8,13-14H,1H2,2-4H3,(H,17,21). The van der Waals surface area contributed by atoms with Crippen LogP contribution in [-0.2, 0) is 14.3 Å². The first kappa shape index (κ1) is 16.5. The number of nitrogens with one attached hydrogen (secondary N) is 1. The molecule has 1 aromatic rings. The van der Waals surface area contributed by atoms with Crippen LogP contribution in [0.4, 0.5) is 4.79 Å². The van der Waals surface area contributed by atoms with E-state index in [0.29, 0.717) is 11.3 Å². The zero-order chi connectivity index (χ0) is 17.1. The molecule has 1 aliphatic heterocycles. The summed E-state index contributed by atoms with van der Waals surface area (Å²) in [6.45, 7) is 4.98. The predicted molar refractivity (Wildman–Crippen MR) is 81.4 cm³/mol. The minimum atomic E-state index is -0.933. The lowest BCUT2D eigenvalue weighted by atomic mass is 9.87. The molecule has 2 rings (SSSR count). The van der Waals surface area contributed by atoms with Crippen LogP contribution in [-0.4, -0.2) is 37.0 Å². The molecule has 7 heteroatoms. The van der Waals surface area contributed by atoms with Gasteiger partial charge in [0.25, 0.3) is 0 Å². The molecule has 1 heterocycles. The Bertz CT molecular complexity index is 670. The second kappa shape index (κ2) is 6.51. The maximum Gasteiger partial charge on any atom is 0.328 e. The van der Waals surface area contributed by atoms with E-state index in [1.54, 1.807) is 24.3 Å². The summed E-state index contributed by atoms with van der Waals surface area (Å²) in [4.78, 5) is 37.4. The largest absolute Gasteiger partial charge is 0.496 e. The van der Waals surface area contributed by atoms with Crippen LogP contribution in [0.25, 0.3) is 0 Å². The molecule has 0 spiro atoms. The molecule has 3 amide bonds. The number of hydrogen-bond acceptors (Lipinski definition) is 5. The number of hydrogen-bond donors (Lipinski definition) is 1. The lowest BCUT2D eigenvalue weighted by Gasteiger charge is -2.40. The molecule has 1 aromatic carbocycles. The third-order valence-electron chi connectivity index (χ3n) is 3.71. The summed E-state index contributed by atoms with van der Waals surface area (Å²) in [7, 11) is 2.71. The van der Waals surface area contributed by atoms with Crippen molar-refractivity contribution in [3.63, 3.8) is 0 Å². The van der Waals surface area contributed by atoms with Gasteiger partial charge in [-0.05, 0) is 6.07 Å². The van der Waals surface area contributed by atoms with E-state index in [-0.39, 0.29) is 5.70 Å². The molecule has 0 aliphatic carbocycles. The van der Waals surface area contributed by atoms with E-state index in [1.165, 1.54) is 21.1 Å². The number of rotatable bonds is 3. The molecular weight excluding hydrogens is 300 g/mol. The molecule has 0 saturated carbocycles. The van der Waals surface area contributed by atoms with Gasteiger partial charge in [-0.3, -0.25) is 14.5 Å². The molecule has 0 bridgehead atoms. The van der Waals surface area contributed by atoms with Gasteiger partial charge in [0, 0.05) is 18.2 Å². The van der Waals surface area contributed by atoms with E-state index >= 15 is 0 Å². The van der Waals surface area contributed by atoms with Crippen molar-refractivity contribution in [3.8, 4) is 5.75 Å². The number of para-hydroxylation sites is 1. The Kier molecular flexibility index (Phi) is 4.68. The molecule has 1 saturated heterocycles. The smallest absolute Gasteiger partial charge is 0.328 e. The van der Waals surface area contributed by atoms with E-state index in [1.807, 2.05) is 0 Å². The van der Waals surface area contributed by atoms with Gasteiger partial charge < -0.3 is 14.8 Å². The summed E-state index contributed by atoms with van der Waals surface area (Å²) >= 11 is 0. The van der Waals surface area contributed by atoms with Crippen LogP contribution in [0.3, 0.4) is 0 Å². The maximum absolute atomic E-state index is 12.2. The van der Waals surface area contributed by atoms with E-state index in [9.17, 15) is 14.4 Å². The molecule has 2 unspecified atom stereocenters. The van der Waals surface area contributed by atoms with Crippen LogP contribution >= 0.6 is 0 Å². The highest BCUT2D eigenvalue weighted by atomic mass is 16.5. The van der Waals surface area contributed by atoms with Gasteiger partial charge in [-0.1, -0.05) is 24.8 Å². The number of carbonyl (C=O) groups is 3. The van der Waals surface area contributed by atoms with Crippen LogP contribution in [0, 0.1) is 5.92 Å². The fraction of sp³-hybridized carbons (Fsp3) is 0.312. The summed E-state index contributed by atoms with van der Waals surface area (Å²) in [5, 5.41) is 2.44. The van der Waals surface area contributed by atoms with Gasteiger partial charge in [0.1, 0.15) is 11.7 Å². The van der Waals surface area contributed by atoms with Gasteiger partial charge in [-0.2, -0.15) is 0 Å². The summed E-state index contributed by atoms with van der Waals surface area (Å²) in [6, 6.07) is 5.35. The van der Waals surface area contributed by atoms with Crippen LogP contribution in [0.1, 0.15) is 18.5 Å². The molecular formula is C16H18N2O5. The highest BCUT2D eigenvalue weighted by Crippen LogP contribution is 2.40. The Labute approximate surface area is 133 Å². The fourth-order valence-corrected chi connectivity index (χ4v) is 2.71. The first-order valence-corrected chi connectivity index (χ1v) is 6.92. The maximum atomic E-state index is 12.2. The number of esters is 1. The first-order valence-electron chi connectivity index (χ1n) is 6.92. The van der Waals surface area contributed by atoms with Gasteiger partial charge in [0.2, 0.25) is 5.91 Å². The van der Waals surface area contributed by atoms with Gasteiger partial charge in [0.05, 0.1) is 20.3 Å². The van der Waals surface area contributed by atoms with Crippen molar-refractivity contribution in [2.75, 3.05) is 14.2 Å². The summed E-state index contributed by atoms with van der Waals surface area (Å²) in [5.41, 5.74) is 0.701. The number of urea groups is 1. The predicted octanol–water partition coefficient (Wildman–Crippen LogP) is 1.61. The molecule has 1 N–H and O–H groups in total. The molecule has 2 atom stereocenters. The fourth-order valence-electron chi connectivity index (χ4n) is 2.71. The Morgan fingerprint density at radius 1 is 1.26 bits per heavy atom. The number of nitrogens with zero attached hydrogens (tertiary/aromatic N) is 1. The second-order valence-electron chi connectivity index (χ2n) is 5.03. The molecule has 23 heavy (non-hydrogen) atoms. The SMILES string of the molecule is C=C1NC(=O)N(C(C)=O)C(c2ccccc2OC)C1C(=O)OC. The number of methoxy groups -OCH3 is 2. The summed E-state index contributed by atoms with van der Waals surface area (Å²) in [6.07, 6.45) is 0. The highest BCUT2D eigenvalue weighted by Gasteiger charge is 2.46. The number of benzene rings is 1. The Balaban J connectivity index is 2.65. The molecule has 1 aliphatic rings. The number of ether oxygens (including phenoxy) is 2. The van der Waals surface area contributed by atoms with Crippen molar-refractivity contribution < 1.29 is 23.9 Å². The van der Waals surface area contributed by atoms with Gasteiger partial charge in [-0.15, -0.1) is 0 Å². The average molecular weight is 318 g/mol. The molecule has 0 aromatic heterocycles. The Morgan fingerprint density at radius 3 is 2.48 bits per heavy atom. The minimum absolute atomic E-state index is 0.176. The average Bonchev–Trinajstić information content (AvgIpc) is 2.52. The topological polar surface area (TPSA) is 84.9 Å². The van der Waals surface area contributed by atoms with Gasteiger partial charge >= 0.3 is 12.0 Å². The van der Waals surface area contributed by atoms with Gasteiger partial charge in [-0.25, -0.2) is 4.79 Å². The number of imide groups is 1. The van der Waals surface area contributed by atoms with Crippen LogP contribution < -0.4 is 10.1 Å². The normalized spacial score (nSPS) is 20.7. The van der Waals surface area contributed by atoms with Crippen LogP contribution in [0.15, 0.2) is 36.5 Å².